The Labute approximate surface area is 85.5 Å². The lowest BCUT2D eigenvalue weighted by molar-refractivity contribution is -0.117. The van der Waals surface area contributed by atoms with Crippen molar-refractivity contribution in [1.82, 2.24) is 0 Å². The Bertz CT molecular complexity index is 388. The van der Waals surface area contributed by atoms with Crippen LogP contribution in [0.4, 0.5) is 14.5 Å². The predicted octanol–water partition coefficient (Wildman–Crippen LogP) is 1.03. The van der Waals surface area contributed by atoms with Crippen molar-refractivity contribution in [3.63, 3.8) is 0 Å². The fraction of sp³-hybridized carbons (Fsp3) is 0.300. The second-order valence-electron chi connectivity index (χ2n) is 3.54. The van der Waals surface area contributed by atoms with Gasteiger partial charge >= 0.3 is 0 Å². The number of hydrogen-bond acceptors (Lipinski definition) is 2. The van der Waals surface area contributed by atoms with E-state index in [2.05, 4.69) is 0 Å². The summed E-state index contributed by atoms with van der Waals surface area (Å²) < 4.78 is 26.7. The van der Waals surface area contributed by atoms with Gasteiger partial charge in [0.05, 0.1) is 0 Å². The summed E-state index contributed by atoms with van der Waals surface area (Å²) in [5.41, 5.74) is 5.25. The van der Waals surface area contributed by atoms with Gasteiger partial charge in [-0.25, -0.2) is 8.78 Å². The van der Waals surface area contributed by atoms with E-state index in [-0.39, 0.29) is 30.6 Å². The van der Waals surface area contributed by atoms with Crippen LogP contribution in [-0.4, -0.2) is 18.5 Å². The quantitative estimate of drug-likeness (QED) is 0.755. The molecule has 1 amide bonds. The van der Waals surface area contributed by atoms with Gasteiger partial charge in [-0.05, 0) is 12.1 Å². The average molecular weight is 212 g/mol. The first-order chi connectivity index (χ1) is 7.09. The molecule has 0 radical (unpaired) electrons. The smallest absolute Gasteiger partial charge is 0.228 e. The van der Waals surface area contributed by atoms with Gasteiger partial charge < -0.3 is 10.6 Å². The molecule has 80 valence electrons. The third kappa shape index (κ3) is 1.70. The van der Waals surface area contributed by atoms with Crippen LogP contribution < -0.4 is 10.6 Å². The molecule has 1 atom stereocenters. The molecule has 0 bridgehead atoms. The second-order valence-corrected chi connectivity index (χ2v) is 3.54. The van der Waals surface area contributed by atoms with Crippen LogP contribution in [0.1, 0.15) is 6.42 Å². The molecule has 3 nitrogen and oxygen atoms in total. The van der Waals surface area contributed by atoms with E-state index in [4.69, 9.17) is 5.73 Å². The normalized spacial score (nSPS) is 21.1. The van der Waals surface area contributed by atoms with E-state index in [0.29, 0.717) is 0 Å². The first kappa shape index (κ1) is 10.0. The van der Waals surface area contributed by atoms with Crippen LogP contribution in [0.2, 0.25) is 0 Å². The number of carbonyl (C=O) groups excluding carboxylic acids is 1. The summed E-state index contributed by atoms with van der Waals surface area (Å²) in [6.45, 7) is 0.163. The number of rotatable bonds is 1. The Morgan fingerprint density at radius 1 is 1.33 bits per heavy atom. The topological polar surface area (TPSA) is 46.3 Å². The van der Waals surface area contributed by atoms with Crippen molar-refractivity contribution in [2.75, 3.05) is 11.4 Å². The summed E-state index contributed by atoms with van der Waals surface area (Å²) >= 11 is 0. The summed E-state index contributed by atoms with van der Waals surface area (Å²) in [6.07, 6.45) is 0.133. The van der Waals surface area contributed by atoms with Gasteiger partial charge in [-0.15, -0.1) is 0 Å². The first-order valence-electron chi connectivity index (χ1n) is 4.59. The number of nitrogens with zero attached hydrogens (tertiary/aromatic N) is 1. The van der Waals surface area contributed by atoms with E-state index in [9.17, 15) is 13.6 Å². The minimum Gasteiger partial charge on any atom is -0.326 e. The third-order valence-electron chi connectivity index (χ3n) is 2.36. The highest BCUT2D eigenvalue weighted by atomic mass is 19.1. The van der Waals surface area contributed by atoms with Crippen LogP contribution >= 0.6 is 0 Å². The summed E-state index contributed by atoms with van der Waals surface area (Å²) in [6, 6.07) is 3.15. The zero-order chi connectivity index (χ0) is 11.0. The van der Waals surface area contributed by atoms with Crippen LogP contribution in [0, 0.1) is 11.6 Å². The molecule has 1 aromatic rings. The van der Waals surface area contributed by atoms with Gasteiger partial charge in [0.15, 0.2) is 0 Å². The van der Waals surface area contributed by atoms with Crippen molar-refractivity contribution in [2.24, 2.45) is 5.73 Å². The highest BCUT2D eigenvalue weighted by molar-refractivity contribution is 5.96. The molecule has 0 aliphatic carbocycles. The van der Waals surface area contributed by atoms with Crippen molar-refractivity contribution in [3.8, 4) is 0 Å². The molecule has 2 N–H and O–H groups in total. The van der Waals surface area contributed by atoms with Crippen molar-refractivity contribution in [3.05, 3.63) is 29.8 Å². The van der Waals surface area contributed by atoms with Gasteiger partial charge in [0.25, 0.3) is 0 Å². The standard InChI is InChI=1S/C10H10F2N2O/c11-7-2-1-3-8(12)10(7)14-5-6(13)4-9(14)15/h1-3,6H,4-5,13H2/t6-/m0/s1. The van der Waals surface area contributed by atoms with Crippen LogP contribution in [0.3, 0.4) is 0 Å². The average Bonchev–Trinajstić information content (AvgIpc) is 2.45. The molecule has 5 heteroatoms. The Hall–Kier alpha value is -1.49. The SMILES string of the molecule is N[C@H]1CC(=O)N(c2c(F)cccc2F)C1. The fourth-order valence-electron chi connectivity index (χ4n) is 1.70. The number of anilines is 1. The molecule has 2 rings (SSSR count). The Kier molecular flexibility index (Phi) is 2.40. The predicted molar refractivity (Wildman–Crippen MR) is 51.3 cm³/mol. The van der Waals surface area contributed by atoms with E-state index in [1.54, 1.807) is 0 Å². The Morgan fingerprint density at radius 2 is 1.93 bits per heavy atom. The lowest BCUT2D eigenvalue weighted by Crippen LogP contribution is -2.29. The van der Waals surface area contributed by atoms with Crippen molar-refractivity contribution >= 4 is 11.6 Å². The van der Waals surface area contributed by atoms with Gasteiger partial charge in [-0.1, -0.05) is 6.07 Å². The monoisotopic (exact) mass is 212 g/mol. The summed E-state index contributed by atoms with van der Waals surface area (Å²) in [5, 5.41) is 0. The molecule has 1 aliphatic heterocycles. The highest BCUT2D eigenvalue weighted by Gasteiger charge is 2.31. The van der Waals surface area contributed by atoms with Crippen molar-refractivity contribution in [2.45, 2.75) is 12.5 Å². The molecule has 1 aromatic carbocycles. The minimum atomic E-state index is -0.738. The minimum absolute atomic E-state index is 0.133. The zero-order valence-corrected chi connectivity index (χ0v) is 7.91. The Balaban J connectivity index is 2.41. The lowest BCUT2D eigenvalue weighted by atomic mass is 10.2. The number of halogens is 2. The Morgan fingerprint density at radius 3 is 2.40 bits per heavy atom. The van der Waals surface area contributed by atoms with Crippen LogP contribution in [0.15, 0.2) is 18.2 Å². The highest BCUT2D eigenvalue weighted by Crippen LogP contribution is 2.26. The van der Waals surface area contributed by atoms with E-state index in [1.807, 2.05) is 0 Å². The number of hydrogen-bond donors (Lipinski definition) is 1. The van der Waals surface area contributed by atoms with Crippen LogP contribution in [0.25, 0.3) is 0 Å². The molecule has 0 aromatic heterocycles. The van der Waals surface area contributed by atoms with E-state index in [1.165, 1.54) is 6.07 Å². The van der Waals surface area contributed by atoms with E-state index in [0.717, 1.165) is 17.0 Å². The van der Waals surface area contributed by atoms with Crippen LogP contribution in [0.5, 0.6) is 0 Å². The molecule has 15 heavy (non-hydrogen) atoms. The van der Waals surface area contributed by atoms with Gasteiger partial charge in [-0.2, -0.15) is 0 Å². The van der Waals surface area contributed by atoms with Crippen molar-refractivity contribution < 1.29 is 13.6 Å². The molecule has 1 fully saturated rings. The molecule has 1 saturated heterocycles. The molecular weight excluding hydrogens is 202 g/mol. The van der Waals surface area contributed by atoms with E-state index >= 15 is 0 Å². The zero-order valence-electron chi connectivity index (χ0n) is 7.91. The number of nitrogens with two attached hydrogens (primary N) is 1. The molecule has 1 aliphatic rings. The molecule has 0 spiro atoms. The van der Waals surface area contributed by atoms with Gasteiger partial charge in [0, 0.05) is 19.0 Å². The van der Waals surface area contributed by atoms with Gasteiger partial charge in [-0.3, -0.25) is 4.79 Å². The van der Waals surface area contributed by atoms with E-state index < -0.39 is 11.6 Å². The third-order valence-corrected chi connectivity index (χ3v) is 2.36. The molecule has 1 heterocycles. The van der Waals surface area contributed by atoms with Gasteiger partial charge in [0.2, 0.25) is 5.91 Å². The molecule has 0 unspecified atom stereocenters. The molecular formula is C10H10F2N2O. The lowest BCUT2D eigenvalue weighted by Gasteiger charge is -2.17. The van der Waals surface area contributed by atoms with Gasteiger partial charge in [0.1, 0.15) is 17.3 Å². The maximum atomic E-state index is 13.3. The number of para-hydroxylation sites is 1. The fourth-order valence-corrected chi connectivity index (χ4v) is 1.70. The number of benzene rings is 1. The first-order valence-corrected chi connectivity index (χ1v) is 4.59. The maximum Gasteiger partial charge on any atom is 0.228 e. The molecule has 0 saturated carbocycles. The largest absolute Gasteiger partial charge is 0.326 e. The number of amides is 1. The number of carbonyl (C=O) groups is 1. The second kappa shape index (κ2) is 3.58. The summed E-state index contributed by atoms with van der Waals surface area (Å²) in [5.74, 6) is -1.82. The summed E-state index contributed by atoms with van der Waals surface area (Å²) in [7, 11) is 0. The maximum absolute atomic E-state index is 13.3. The van der Waals surface area contributed by atoms with Crippen molar-refractivity contribution in [1.29, 1.82) is 0 Å². The summed E-state index contributed by atoms with van der Waals surface area (Å²) in [4.78, 5) is 12.5. The van der Waals surface area contributed by atoms with Crippen LogP contribution in [-0.2, 0) is 4.79 Å².